The normalized spacial score (nSPS) is 14.5. The summed E-state index contributed by atoms with van der Waals surface area (Å²) < 4.78 is 5.30. The van der Waals surface area contributed by atoms with Gasteiger partial charge < -0.3 is 15.0 Å². The molecule has 7 heteroatoms. The van der Waals surface area contributed by atoms with Gasteiger partial charge in [0.1, 0.15) is 17.0 Å². The molecule has 0 saturated carbocycles. The third kappa shape index (κ3) is 3.79. The average molecular weight is 382 g/mol. The van der Waals surface area contributed by atoms with Gasteiger partial charge in [-0.1, -0.05) is 30.3 Å². The topological polar surface area (TPSA) is 67.4 Å². The maximum atomic E-state index is 12.3. The monoisotopic (exact) mass is 382 g/mol. The van der Waals surface area contributed by atoms with Gasteiger partial charge in [-0.15, -0.1) is 11.3 Å². The molecule has 1 N–H and O–H groups in total. The average Bonchev–Trinajstić information content (AvgIpc) is 3.06. The van der Waals surface area contributed by atoms with Gasteiger partial charge in [0, 0.05) is 36.5 Å². The summed E-state index contributed by atoms with van der Waals surface area (Å²) in [6.45, 7) is 5.27. The summed E-state index contributed by atoms with van der Waals surface area (Å²) in [7, 11) is 0. The molecule has 140 valence electrons. The maximum absolute atomic E-state index is 12.3. The van der Waals surface area contributed by atoms with E-state index in [1.54, 1.807) is 17.7 Å². The number of thiophene rings is 1. The van der Waals surface area contributed by atoms with Gasteiger partial charge in [0.2, 0.25) is 5.91 Å². The number of nitrogens with one attached hydrogen (secondary N) is 1. The Kier molecular flexibility index (Phi) is 5.31. The van der Waals surface area contributed by atoms with Crippen molar-refractivity contribution in [1.82, 2.24) is 14.9 Å². The SMILES string of the molecule is Cc1sc2ncnc(NCCC(=O)N3CCOCC3)c2c1-c1ccccc1. The number of morpholine rings is 1. The summed E-state index contributed by atoms with van der Waals surface area (Å²) in [4.78, 5) is 25.3. The van der Waals surface area contributed by atoms with Gasteiger partial charge in [0.25, 0.3) is 0 Å². The molecule has 0 radical (unpaired) electrons. The Labute approximate surface area is 162 Å². The van der Waals surface area contributed by atoms with Crippen molar-refractivity contribution in [3.05, 3.63) is 41.5 Å². The van der Waals surface area contributed by atoms with Crippen LogP contribution in [0.5, 0.6) is 0 Å². The second-order valence-electron chi connectivity index (χ2n) is 6.47. The highest BCUT2D eigenvalue weighted by atomic mass is 32.1. The van der Waals surface area contributed by atoms with Gasteiger partial charge in [-0.2, -0.15) is 0 Å². The second-order valence-corrected chi connectivity index (χ2v) is 7.67. The third-order valence-electron chi connectivity index (χ3n) is 4.72. The molecule has 1 aliphatic heterocycles. The summed E-state index contributed by atoms with van der Waals surface area (Å²) >= 11 is 1.67. The van der Waals surface area contributed by atoms with Gasteiger partial charge in [0.15, 0.2) is 0 Å². The minimum absolute atomic E-state index is 0.154. The molecule has 1 aliphatic rings. The first-order valence-electron chi connectivity index (χ1n) is 9.13. The lowest BCUT2D eigenvalue weighted by molar-refractivity contribution is -0.134. The summed E-state index contributed by atoms with van der Waals surface area (Å²) in [5.41, 5.74) is 2.32. The van der Waals surface area contributed by atoms with Crippen LogP contribution in [0.15, 0.2) is 36.7 Å². The lowest BCUT2D eigenvalue weighted by Crippen LogP contribution is -2.41. The molecule has 3 aromatic rings. The lowest BCUT2D eigenvalue weighted by atomic mass is 10.0. The molecule has 0 atom stereocenters. The molecular weight excluding hydrogens is 360 g/mol. The molecule has 1 amide bonds. The summed E-state index contributed by atoms with van der Waals surface area (Å²) in [5.74, 6) is 0.943. The van der Waals surface area contributed by atoms with Crippen LogP contribution < -0.4 is 5.32 Å². The molecule has 0 bridgehead atoms. The minimum atomic E-state index is 0.154. The highest BCUT2D eigenvalue weighted by Gasteiger charge is 2.18. The van der Waals surface area contributed by atoms with Crippen molar-refractivity contribution >= 4 is 33.3 Å². The fourth-order valence-electron chi connectivity index (χ4n) is 3.39. The molecule has 0 spiro atoms. The van der Waals surface area contributed by atoms with Gasteiger partial charge >= 0.3 is 0 Å². The van der Waals surface area contributed by atoms with Crippen molar-refractivity contribution in [2.24, 2.45) is 0 Å². The van der Waals surface area contributed by atoms with E-state index in [9.17, 15) is 4.79 Å². The number of benzene rings is 1. The number of aryl methyl sites for hydroxylation is 1. The first-order chi connectivity index (χ1) is 13.2. The summed E-state index contributed by atoms with van der Waals surface area (Å²) in [6.07, 6.45) is 2.02. The Morgan fingerprint density at radius 2 is 2.00 bits per heavy atom. The first kappa shape index (κ1) is 17.9. The largest absolute Gasteiger partial charge is 0.378 e. The Bertz CT molecular complexity index is 936. The van der Waals surface area contributed by atoms with Gasteiger partial charge in [0.05, 0.1) is 18.6 Å². The summed E-state index contributed by atoms with van der Waals surface area (Å²) in [6, 6.07) is 10.3. The first-order valence-corrected chi connectivity index (χ1v) is 9.94. The molecule has 0 aliphatic carbocycles. The molecule has 3 heterocycles. The van der Waals surface area contributed by atoms with Crippen molar-refractivity contribution in [3.63, 3.8) is 0 Å². The van der Waals surface area contributed by atoms with Crippen molar-refractivity contribution in [3.8, 4) is 11.1 Å². The lowest BCUT2D eigenvalue weighted by Gasteiger charge is -2.26. The fraction of sp³-hybridized carbons (Fsp3) is 0.350. The molecule has 1 fully saturated rings. The van der Waals surface area contributed by atoms with E-state index in [0.717, 1.165) is 21.6 Å². The standard InChI is InChI=1S/C20H22N4O2S/c1-14-17(15-5-3-2-4-6-15)18-19(22-13-23-20(18)27-14)21-8-7-16(25)24-9-11-26-12-10-24/h2-6,13H,7-12H2,1H3,(H,21,22,23). The van der Waals surface area contributed by atoms with Gasteiger partial charge in [-0.25, -0.2) is 9.97 Å². The van der Waals surface area contributed by atoms with Crippen LogP contribution in [0.4, 0.5) is 5.82 Å². The number of rotatable bonds is 5. The number of hydrogen-bond donors (Lipinski definition) is 1. The zero-order chi connectivity index (χ0) is 18.6. The molecule has 0 unspecified atom stereocenters. The highest BCUT2D eigenvalue weighted by Crippen LogP contribution is 2.40. The Morgan fingerprint density at radius 1 is 1.22 bits per heavy atom. The van der Waals surface area contributed by atoms with Crippen molar-refractivity contribution in [2.45, 2.75) is 13.3 Å². The van der Waals surface area contributed by atoms with E-state index in [0.29, 0.717) is 39.3 Å². The molecule has 4 rings (SSSR count). The van der Waals surface area contributed by atoms with E-state index in [-0.39, 0.29) is 5.91 Å². The van der Waals surface area contributed by atoms with Crippen LogP contribution in [0.2, 0.25) is 0 Å². The molecule has 1 saturated heterocycles. The second kappa shape index (κ2) is 8.02. The predicted octanol–water partition coefficient (Wildman–Crippen LogP) is 3.33. The van der Waals surface area contributed by atoms with Crippen molar-refractivity contribution in [1.29, 1.82) is 0 Å². The molecule has 2 aromatic heterocycles. The molecule has 6 nitrogen and oxygen atoms in total. The number of nitrogens with zero attached hydrogens (tertiary/aromatic N) is 3. The zero-order valence-corrected chi connectivity index (χ0v) is 16.1. The zero-order valence-electron chi connectivity index (χ0n) is 15.3. The van der Waals surface area contributed by atoms with Crippen LogP contribution in [-0.2, 0) is 9.53 Å². The highest BCUT2D eigenvalue weighted by molar-refractivity contribution is 7.19. The Balaban J connectivity index is 1.54. The fourth-order valence-corrected chi connectivity index (χ4v) is 4.40. The summed E-state index contributed by atoms with van der Waals surface area (Å²) in [5, 5.41) is 4.39. The van der Waals surface area contributed by atoms with Crippen LogP contribution in [0, 0.1) is 6.92 Å². The van der Waals surface area contributed by atoms with Gasteiger partial charge in [-0.3, -0.25) is 4.79 Å². The quantitative estimate of drug-likeness (QED) is 0.733. The number of carbonyl (C=O) groups excluding carboxylic acids is 1. The van der Waals surface area contributed by atoms with Crippen LogP contribution >= 0.6 is 11.3 Å². The number of amides is 1. The van der Waals surface area contributed by atoms with Crippen LogP contribution in [-0.4, -0.2) is 53.6 Å². The third-order valence-corrected chi connectivity index (χ3v) is 5.74. The number of ether oxygens (including phenoxy) is 1. The smallest absolute Gasteiger partial charge is 0.224 e. The molecule has 27 heavy (non-hydrogen) atoms. The predicted molar refractivity (Wildman–Crippen MR) is 108 cm³/mol. The Hall–Kier alpha value is -2.51. The van der Waals surface area contributed by atoms with Crippen LogP contribution in [0.1, 0.15) is 11.3 Å². The van der Waals surface area contributed by atoms with E-state index in [2.05, 4.69) is 34.3 Å². The van der Waals surface area contributed by atoms with Crippen molar-refractivity contribution < 1.29 is 9.53 Å². The minimum Gasteiger partial charge on any atom is -0.378 e. The van der Waals surface area contributed by atoms with E-state index in [1.165, 1.54) is 10.4 Å². The number of fused-ring (bicyclic) bond motifs is 1. The van der Waals surface area contributed by atoms with E-state index in [1.807, 2.05) is 23.1 Å². The van der Waals surface area contributed by atoms with E-state index in [4.69, 9.17) is 4.74 Å². The van der Waals surface area contributed by atoms with E-state index >= 15 is 0 Å². The maximum Gasteiger partial charge on any atom is 0.224 e. The number of anilines is 1. The van der Waals surface area contributed by atoms with Gasteiger partial charge in [-0.05, 0) is 12.5 Å². The van der Waals surface area contributed by atoms with E-state index < -0.39 is 0 Å². The Morgan fingerprint density at radius 3 is 2.78 bits per heavy atom. The number of carbonyl (C=O) groups is 1. The molecule has 1 aromatic carbocycles. The van der Waals surface area contributed by atoms with Crippen molar-refractivity contribution in [2.75, 3.05) is 38.2 Å². The number of hydrogen-bond acceptors (Lipinski definition) is 6. The van der Waals surface area contributed by atoms with Crippen LogP contribution in [0.25, 0.3) is 21.3 Å². The van der Waals surface area contributed by atoms with Crippen LogP contribution in [0.3, 0.4) is 0 Å². The molecular formula is C20H22N4O2S. The number of aromatic nitrogens is 2.